The summed E-state index contributed by atoms with van der Waals surface area (Å²) in [4.78, 5) is 13.3. The molecule has 0 saturated carbocycles. The maximum Gasteiger partial charge on any atom is 0.255 e. The highest BCUT2D eigenvalue weighted by molar-refractivity contribution is 7.19. The molecule has 4 aromatic rings. The SMILES string of the molecule is Cc1ccc(C(=O)Nc2ccccc2-c2nn3c(C)nnc3s2)cc1Cl. The average molecular weight is 384 g/mol. The number of halogens is 1. The standard InChI is InChI=1S/C18H14ClN5OS/c1-10-7-8-12(9-14(10)19)16(25)20-15-6-4-3-5-13(15)17-23-24-11(2)21-22-18(24)26-17/h3-9H,1-2H3,(H,20,25). The van der Waals surface area contributed by atoms with Crippen molar-refractivity contribution in [1.82, 2.24) is 19.8 Å². The van der Waals surface area contributed by atoms with Crippen LogP contribution in [0, 0.1) is 13.8 Å². The van der Waals surface area contributed by atoms with Gasteiger partial charge in [0, 0.05) is 16.1 Å². The monoisotopic (exact) mass is 383 g/mol. The molecule has 2 heterocycles. The number of nitrogens with one attached hydrogen (secondary N) is 1. The van der Waals surface area contributed by atoms with Crippen molar-refractivity contribution in [2.24, 2.45) is 0 Å². The lowest BCUT2D eigenvalue weighted by molar-refractivity contribution is 0.102. The molecule has 0 radical (unpaired) electrons. The molecule has 6 nitrogen and oxygen atoms in total. The number of carbonyl (C=O) groups excluding carboxylic acids is 1. The normalized spacial score (nSPS) is 11.0. The molecule has 2 aromatic heterocycles. The maximum atomic E-state index is 12.6. The molecule has 1 N–H and O–H groups in total. The Kier molecular flexibility index (Phi) is 4.18. The molecule has 0 unspecified atom stereocenters. The van der Waals surface area contributed by atoms with Crippen LogP contribution >= 0.6 is 22.9 Å². The van der Waals surface area contributed by atoms with E-state index in [1.54, 1.807) is 16.6 Å². The van der Waals surface area contributed by atoms with Crippen LogP contribution < -0.4 is 5.32 Å². The first-order valence-corrected chi connectivity index (χ1v) is 9.08. The van der Waals surface area contributed by atoms with Crippen molar-refractivity contribution in [2.45, 2.75) is 13.8 Å². The molecule has 0 fully saturated rings. The van der Waals surface area contributed by atoms with E-state index < -0.39 is 0 Å². The first-order chi connectivity index (χ1) is 12.5. The third kappa shape index (κ3) is 2.95. The number of amides is 1. The van der Waals surface area contributed by atoms with E-state index >= 15 is 0 Å². The minimum atomic E-state index is -0.224. The Morgan fingerprint density at radius 2 is 1.96 bits per heavy atom. The van der Waals surface area contributed by atoms with Gasteiger partial charge in [0.05, 0.1) is 5.69 Å². The van der Waals surface area contributed by atoms with Crippen molar-refractivity contribution in [3.63, 3.8) is 0 Å². The van der Waals surface area contributed by atoms with Gasteiger partial charge >= 0.3 is 0 Å². The van der Waals surface area contributed by atoms with E-state index in [4.69, 9.17) is 11.6 Å². The molecule has 0 saturated heterocycles. The van der Waals surface area contributed by atoms with Crippen LogP contribution in [0.4, 0.5) is 5.69 Å². The fourth-order valence-electron chi connectivity index (χ4n) is 2.53. The lowest BCUT2D eigenvalue weighted by atomic mass is 10.1. The lowest BCUT2D eigenvalue weighted by Crippen LogP contribution is -2.12. The molecule has 4 rings (SSSR count). The first kappa shape index (κ1) is 16.7. The number of hydrogen-bond acceptors (Lipinski definition) is 5. The molecule has 0 aliphatic heterocycles. The van der Waals surface area contributed by atoms with E-state index in [1.165, 1.54) is 11.3 Å². The number of aromatic nitrogens is 4. The second-order valence-electron chi connectivity index (χ2n) is 5.81. The Morgan fingerprint density at radius 1 is 1.15 bits per heavy atom. The second-order valence-corrected chi connectivity index (χ2v) is 7.18. The number of hydrogen-bond donors (Lipinski definition) is 1. The van der Waals surface area contributed by atoms with Crippen LogP contribution in [-0.2, 0) is 0 Å². The molecular weight excluding hydrogens is 370 g/mol. The Balaban J connectivity index is 1.69. The smallest absolute Gasteiger partial charge is 0.255 e. The predicted molar refractivity (Wildman–Crippen MR) is 103 cm³/mol. The van der Waals surface area contributed by atoms with E-state index in [0.717, 1.165) is 22.0 Å². The van der Waals surface area contributed by atoms with E-state index in [9.17, 15) is 4.79 Å². The van der Waals surface area contributed by atoms with Crippen molar-refractivity contribution >= 4 is 39.5 Å². The molecule has 26 heavy (non-hydrogen) atoms. The molecule has 0 atom stereocenters. The molecular formula is C18H14ClN5OS. The summed E-state index contributed by atoms with van der Waals surface area (Å²) in [6, 6.07) is 12.8. The first-order valence-electron chi connectivity index (χ1n) is 7.88. The topological polar surface area (TPSA) is 72.2 Å². The fourth-order valence-corrected chi connectivity index (χ4v) is 3.64. The summed E-state index contributed by atoms with van der Waals surface area (Å²) in [6.07, 6.45) is 0. The van der Waals surface area contributed by atoms with Crippen molar-refractivity contribution in [1.29, 1.82) is 0 Å². The summed E-state index contributed by atoms with van der Waals surface area (Å²) >= 11 is 7.55. The van der Waals surface area contributed by atoms with Crippen LogP contribution in [0.5, 0.6) is 0 Å². The zero-order valence-corrected chi connectivity index (χ0v) is 15.6. The van der Waals surface area contributed by atoms with Crippen LogP contribution in [-0.4, -0.2) is 25.7 Å². The molecule has 0 bridgehead atoms. The van der Waals surface area contributed by atoms with Crippen LogP contribution in [0.2, 0.25) is 5.02 Å². The Hall–Kier alpha value is -2.77. The Labute approximate surface area is 158 Å². The minimum Gasteiger partial charge on any atom is -0.321 e. The minimum absolute atomic E-state index is 0.224. The van der Waals surface area contributed by atoms with Gasteiger partial charge in [-0.1, -0.05) is 41.1 Å². The molecule has 2 aromatic carbocycles. The number of benzene rings is 2. The van der Waals surface area contributed by atoms with Gasteiger partial charge in [-0.05, 0) is 43.7 Å². The van der Waals surface area contributed by atoms with Gasteiger partial charge in [0.15, 0.2) is 5.82 Å². The van der Waals surface area contributed by atoms with Gasteiger partial charge in [0.1, 0.15) is 5.01 Å². The molecule has 0 spiro atoms. The number of nitrogens with zero attached hydrogens (tertiary/aromatic N) is 4. The molecule has 8 heteroatoms. The van der Waals surface area contributed by atoms with Crippen molar-refractivity contribution < 1.29 is 4.79 Å². The highest BCUT2D eigenvalue weighted by Crippen LogP contribution is 2.31. The summed E-state index contributed by atoms with van der Waals surface area (Å²) in [7, 11) is 0. The predicted octanol–water partition coefficient (Wildman–Crippen LogP) is 4.38. The summed E-state index contributed by atoms with van der Waals surface area (Å²) in [5, 5.41) is 16.9. The number of rotatable bonds is 3. The number of aryl methyl sites for hydroxylation is 2. The third-order valence-electron chi connectivity index (χ3n) is 3.99. The van der Waals surface area contributed by atoms with Crippen LogP contribution in [0.15, 0.2) is 42.5 Å². The van der Waals surface area contributed by atoms with Crippen molar-refractivity contribution in [2.75, 3.05) is 5.32 Å². The van der Waals surface area contributed by atoms with Gasteiger partial charge in [-0.25, -0.2) is 0 Å². The highest BCUT2D eigenvalue weighted by atomic mass is 35.5. The fraction of sp³-hybridized carbons (Fsp3) is 0.111. The van der Waals surface area contributed by atoms with E-state index in [1.807, 2.05) is 44.2 Å². The number of anilines is 1. The zero-order chi connectivity index (χ0) is 18.3. The molecule has 130 valence electrons. The van der Waals surface area contributed by atoms with Gasteiger partial charge in [-0.15, -0.1) is 10.2 Å². The Bertz CT molecular complexity index is 1130. The van der Waals surface area contributed by atoms with E-state index in [0.29, 0.717) is 21.2 Å². The molecule has 0 aliphatic carbocycles. The van der Waals surface area contributed by atoms with Gasteiger partial charge < -0.3 is 5.32 Å². The quantitative estimate of drug-likeness (QED) is 0.570. The van der Waals surface area contributed by atoms with Crippen molar-refractivity contribution in [3.8, 4) is 10.6 Å². The lowest BCUT2D eigenvalue weighted by Gasteiger charge is -2.10. The van der Waals surface area contributed by atoms with Gasteiger partial charge in [-0.2, -0.15) is 9.61 Å². The summed E-state index contributed by atoms with van der Waals surface area (Å²) in [6.45, 7) is 3.74. The number of fused-ring (bicyclic) bond motifs is 1. The largest absolute Gasteiger partial charge is 0.321 e. The summed E-state index contributed by atoms with van der Waals surface area (Å²) < 4.78 is 1.69. The van der Waals surface area contributed by atoms with E-state index in [2.05, 4.69) is 20.6 Å². The zero-order valence-electron chi connectivity index (χ0n) is 14.0. The van der Waals surface area contributed by atoms with Crippen LogP contribution in [0.25, 0.3) is 15.5 Å². The van der Waals surface area contributed by atoms with E-state index in [-0.39, 0.29) is 5.91 Å². The van der Waals surface area contributed by atoms with Gasteiger partial charge in [0.25, 0.3) is 5.91 Å². The summed E-state index contributed by atoms with van der Waals surface area (Å²) in [5.41, 5.74) is 2.94. The van der Waals surface area contributed by atoms with Gasteiger partial charge in [0.2, 0.25) is 4.96 Å². The second kappa shape index (κ2) is 6.51. The van der Waals surface area contributed by atoms with Crippen molar-refractivity contribution in [3.05, 3.63) is 64.4 Å². The maximum absolute atomic E-state index is 12.6. The molecule has 0 aliphatic rings. The third-order valence-corrected chi connectivity index (χ3v) is 5.33. The average Bonchev–Trinajstić information content (AvgIpc) is 3.20. The number of para-hydroxylation sites is 1. The van der Waals surface area contributed by atoms with Gasteiger partial charge in [-0.3, -0.25) is 4.79 Å². The van der Waals surface area contributed by atoms with Crippen LogP contribution in [0.3, 0.4) is 0 Å². The molecule has 1 amide bonds. The Morgan fingerprint density at radius 3 is 2.73 bits per heavy atom. The van der Waals surface area contributed by atoms with Crippen LogP contribution in [0.1, 0.15) is 21.7 Å². The number of carbonyl (C=O) groups is 1. The summed E-state index contributed by atoms with van der Waals surface area (Å²) in [5.74, 6) is 0.497. The highest BCUT2D eigenvalue weighted by Gasteiger charge is 2.15.